The Morgan fingerprint density at radius 1 is 1.13 bits per heavy atom. The molecule has 1 amide bonds. The van der Waals surface area contributed by atoms with E-state index in [2.05, 4.69) is 47.2 Å². The second kappa shape index (κ2) is 9.09. The molecule has 3 rings (SSSR count). The third-order valence-electron chi connectivity index (χ3n) is 6.33. The van der Waals surface area contributed by atoms with Crippen molar-refractivity contribution < 1.29 is 4.79 Å². The highest BCUT2D eigenvalue weighted by Crippen LogP contribution is 2.28. The highest BCUT2D eigenvalue weighted by molar-refractivity contribution is 7.09. The molecule has 2 unspecified atom stereocenters. The Hall–Kier alpha value is -1.25. The summed E-state index contributed by atoms with van der Waals surface area (Å²) < 4.78 is 4.63. The molecular weight excluding hydrogens is 396 g/mol. The molecular formula is C22H40N6OS. The van der Waals surface area contributed by atoms with Crippen molar-refractivity contribution in [2.24, 2.45) is 5.41 Å². The fourth-order valence-corrected chi connectivity index (χ4v) is 5.22. The van der Waals surface area contributed by atoms with Gasteiger partial charge in [-0.3, -0.25) is 14.6 Å². The van der Waals surface area contributed by atoms with Crippen molar-refractivity contribution in [1.29, 1.82) is 0 Å². The van der Waals surface area contributed by atoms with Gasteiger partial charge in [-0.05, 0) is 47.1 Å². The zero-order valence-electron chi connectivity index (χ0n) is 19.9. The van der Waals surface area contributed by atoms with Crippen LogP contribution in [0.25, 0.3) is 0 Å². The first-order valence-corrected chi connectivity index (χ1v) is 12.1. The number of hydrogen-bond donors (Lipinski definition) is 1. The second-order valence-electron chi connectivity index (χ2n) is 10.8. The van der Waals surface area contributed by atoms with Gasteiger partial charge < -0.3 is 10.2 Å². The number of carbonyl (C=O) groups excluding carboxylic acids is 1. The van der Waals surface area contributed by atoms with Crippen LogP contribution in [0.15, 0.2) is 0 Å². The Kier molecular flexibility index (Phi) is 7.09. The van der Waals surface area contributed by atoms with Crippen molar-refractivity contribution in [3.05, 3.63) is 5.82 Å². The van der Waals surface area contributed by atoms with Crippen LogP contribution in [0.4, 0.5) is 5.13 Å². The number of nitrogens with one attached hydrogen (secondary N) is 1. The summed E-state index contributed by atoms with van der Waals surface area (Å²) in [6.45, 7) is 20.4. The minimum atomic E-state index is -0.313. The summed E-state index contributed by atoms with van der Waals surface area (Å²) in [6, 6.07) is 0.726. The van der Waals surface area contributed by atoms with Crippen LogP contribution in [0.3, 0.4) is 0 Å². The minimum Gasteiger partial charge on any atom is -0.359 e. The summed E-state index contributed by atoms with van der Waals surface area (Å²) in [6.07, 6.45) is 2.51. The quantitative estimate of drug-likeness (QED) is 0.763. The molecule has 1 aromatic rings. The molecule has 2 saturated heterocycles. The predicted molar refractivity (Wildman–Crippen MR) is 124 cm³/mol. The van der Waals surface area contributed by atoms with E-state index in [9.17, 15) is 4.79 Å². The molecule has 0 aromatic carbocycles. The van der Waals surface area contributed by atoms with E-state index in [-0.39, 0.29) is 22.9 Å². The maximum absolute atomic E-state index is 12.5. The van der Waals surface area contributed by atoms with Crippen LogP contribution in [0.2, 0.25) is 0 Å². The summed E-state index contributed by atoms with van der Waals surface area (Å²) in [4.78, 5) is 24.3. The fourth-order valence-electron chi connectivity index (χ4n) is 4.56. The molecule has 170 valence electrons. The Balaban J connectivity index is 1.51. The summed E-state index contributed by atoms with van der Waals surface area (Å²) in [5.41, 5.74) is -0.104. The third kappa shape index (κ3) is 5.51. The predicted octanol–water partition coefficient (Wildman–Crippen LogP) is 3.46. The van der Waals surface area contributed by atoms with Gasteiger partial charge in [-0.2, -0.15) is 4.37 Å². The van der Waals surface area contributed by atoms with Gasteiger partial charge in [0.25, 0.3) is 0 Å². The highest BCUT2D eigenvalue weighted by Gasteiger charge is 2.33. The number of aromatic nitrogens is 2. The molecule has 0 radical (unpaired) electrons. The minimum absolute atomic E-state index is 0.168. The second-order valence-corrected chi connectivity index (χ2v) is 11.5. The van der Waals surface area contributed by atoms with Crippen molar-refractivity contribution in [2.75, 3.05) is 44.6 Å². The number of carbonyl (C=O) groups is 1. The number of piperazine rings is 1. The lowest BCUT2D eigenvalue weighted by Crippen LogP contribution is -2.52. The van der Waals surface area contributed by atoms with Crippen molar-refractivity contribution >= 4 is 22.6 Å². The molecule has 0 aliphatic carbocycles. The molecule has 2 aliphatic rings. The van der Waals surface area contributed by atoms with E-state index >= 15 is 0 Å². The molecule has 1 N–H and O–H groups in total. The summed E-state index contributed by atoms with van der Waals surface area (Å²) in [7, 11) is 0. The van der Waals surface area contributed by atoms with Crippen LogP contribution >= 0.6 is 11.5 Å². The van der Waals surface area contributed by atoms with Crippen LogP contribution < -0.4 is 5.32 Å². The fraction of sp³-hybridized carbons (Fsp3) is 0.864. The topological polar surface area (TPSA) is 64.6 Å². The summed E-state index contributed by atoms with van der Waals surface area (Å²) >= 11 is 1.46. The van der Waals surface area contributed by atoms with Crippen LogP contribution in [0.5, 0.6) is 0 Å². The van der Waals surface area contributed by atoms with Crippen LogP contribution in [-0.2, 0) is 4.79 Å². The first-order chi connectivity index (χ1) is 14.0. The molecule has 0 saturated carbocycles. The molecule has 2 fully saturated rings. The summed E-state index contributed by atoms with van der Waals surface area (Å²) in [5.74, 6) is 1.13. The smallest absolute Gasteiger partial charge is 0.228 e. The zero-order valence-corrected chi connectivity index (χ0v) is 20.7. The number of likely N-dealkylation sites (tertiary alicyclic amines) is 1. The van der Waals surface area contributed by atoms with Crippen LogP contribution in [-0.4, -0.2) is 80.8 Å². The molecule has 3 heterocycles. The number of nitrogens with zero attached hydrogens (tertiary/aromatic N) is 5. The SMILES string of the molecule is CC(c1nsc(NCC2CCCN2C(C)(C)C)n1)N1CCN(C(=O)C(C)(C)C)CC1. The maximum Gasteiger partial charge on any atom is 0.228 e. The van der Waals surface area contributed by atoms with Crippen molar-refractivity contribution in [3.8, 4) is 0 Å². The Labute approximate surface area is 186 Å². The average Bonchev–Trinajstić information content (AvgIpc) is 3.33. The maximum atomic E-state index is 12.5. The van der Waals surface area contributed by atoms with Gasteiger partial charge >= 0.3 is 0 Å². The molecule has 7 nitrogen and oxygen atoms in total. The standard InChI is InChI=1S/C22H40N6OS/c1-16(26-11-13-27(14-12-26)19(29)21(2,3)4)18-24-20(30-25-18)23-15-17-9-8-10-28(17)22(5,6)7/h16-17H,8-15H2,1-7H3,(H,23,24,25). The number of anilines is 1. The number of amides is 1. The third-order valence-corrected chi connectivity index (χ3v) is 7.02. The van der Waals surface area contributed by atoms with Gasteiger partial charge in [0.15, 0.2) is 5.82 Å². The Morgan fingerprint density at radius 2 is 1.80 bits per heavy atom. The normalized spacial score (nSPS) is 23.0. The van der Waals surface area contributed by atoms with Gasteiger partial charge in [-0.1, -0.05) is 20.8 Å². The van der Waals surface area contributed by atoms with Crippen LogP contribution in [0, 0.1) is 5.41 Å². The van der Waals surface area contributed by atoms with Crippen molar-refractivity contribution in [3.63, 3.8) is 0 Å². The van der Waals surface area contributed by atoms with E-state index in [1.54, 1.807) is 0 Å². The Morgan fingerprint density at radius 3 is 2.40 bits per heavy atom. The lowest BCUT2D eigenvalue weighted by molar-refractivity contribution is -0.141. The van der Waals surface area contributed by atoms with E-state index in [4.69, 9.17) is 4.98 Å². The lowest BCUT2D eigenvalue weighted by Gasteiger charge is -2.39. The van der Waals surface area contributed by atoms with Gasteiger partial charge in [0.2, 0.25) is 11.0 Å². The molecule has 2 atom stereocenters. The van der Waals surface area contributed by atoms with E-state index in [1.165, 1.54) is 30.9 Å². The zero-order chi connectivity index (χ0) is 22.1. The van der Waals surface area contributed by atoms with Gasteiger partial charge in [-0.25, -0.2) is 4.98 Å². The molecule has 0 spiro atoms. The average molecular weight is 437 g/mol. The Bertz CT molecular complexity index is 714. The van der Waals surface area contributed by atoms with Gasteiger partial charge in [-0.15, -0.1) is 0 Å². The van der Waals surface area contributed by atoms with Crippen LogP contribution in [0.1, 0.15) is 73.2 Å². The summed E-state index contributed by atoms with van der Waals surface area (Å²) in [5, 5.41) is 4.45. The lowest BCUT2D eigenvalue weighted by atomic mass is 9.94. The van der Waals surface area contributed by atoms with Crippen molar-refractivity contribution in [2.45, 2.75) is 78.9 Å². The van der Waals surface area contributed by atoms with Crippen molar-refractivity contribution in [1.82, 2.24) is 24.1 Å². The molecule has 2 aliphatic heterocycles. The molecule has 30 heavy (non-hydrogen) atoms. The van der Waals surface area contributed by atoms with E-state index in [0.29, 0.717) is 6.04 Å². The highest BCUT2D eigenvalue weighted by atomic mass is 32.1. The largest absolute Gasteiger partial charge is 0.359 e. The number of rotatable bonds is 5. The van der Waals surface area contributed by atoms with E-state index in [1.807, 2.05) is 25.7 Å². The molecule has 1 aromatic heterocycles. The first kappa shape index (κ1) is 23.4. The van der Waals surface area contributed by atoms with Gasteiger partial charge in [0.1, 0.15) is 0 Å². The number of hydrogen-bond acceptors (Lipinski definition) is 7. The molecule has 8 heteroatoms. The van der Waals surface area contributed by atoms with E-state index < -0.39 is 0 Å². The van der Waals surface area contributed by atoms with Gasteiger partial charge in [0.05, 0.1) is 6.04 Å². The van der Waals surface area contributed by atoms with E-state index in [0.717, 1.165) is 43.7 Å². The van der Waals surface area contributed by atoms with Gasteiger partial charge in [0, 0.05) is 61.3 Å². The first-order valence-electron chi connectivity index (χ1n) is 11.3. The monoisotopic (exact) mass is 436 g/mol. The molecule has 0 bridgehead atoms.